The summed E-state index contributed by atoms with van der Waals surface area (Å²) < 4.78 is 0. The smallest absolute Gasteiger partial charge is 0.258 e. The zero-order chi connectivity index (χ0) is 20.1. The molecular weight excluding hydrogens is 364 g/mol. The molecule has 2 aromatic carbocycles. The molecule has 2 aliphatic carbocycles. The molecule has 1 heterocycles. The molecule has 146 valence electrons. The molecular formula is C24H22N2O3. The van der Waals surface area contributed by atoms with Gasteiger partial charge in [-0.1, -0.05) is 30.4 Å². The second-order valence-corrected chi connectivity index (χ2v) is 7.94. The lowest BCUT2D eigenvalue weighted by molar-refractivity contribution is -0.123. The Bertz CT molecular complexity index is 982. The number of amides is 3. The lowest BCUT2D eigenvalue weighted by atomic mass is 9.85. The van der Waals surface area contributed by atoms with E-state index in [1.165, 1.54) is 4.90 Å². The van der Waals surface area contributed by atoms with Crippen LogP contribution in [0.25, 0.3) is 0 Å². The molecule has 1 aliphatic heterocycles. The van der Waals surface area contributed by atoms with Crippen LogP contribution in [0.2, 0.25) is 0 Å². The largest absolute Gasteiger partial charge is 0.309 e. The Labute approximate surface area is 169 Å². The van der Waals surface area contributed by atoms with Gasteiger partial charge in [-0.2, -0.15) is 0 Å². The topological polar surface area (TPSA) is 57.7 Å². The minimum absolute atomic E-state index is 0.101. The number of hydrogen-bond donors (Lipinski definition) is 0. The molecule has 29 heavy (non-hydrogen) atoms. The van der Waals surface area contributed by atoms with Gasteiger partial charge >= 0.3 is 0 Å². The lowest BCUT2D eigenvalue weighted by Gasteiger charge is -2.22. The van der Waals surface area contributed by atoms with E-state index < -0.39 is 0 Å². The van der Waals surface area contributed by atoms with Gasteiger partial charge in [-0.05, 0) is 61.6 Å². The van der Waals surface area contributed by atoms with Crippen LogP contribution < -0.4 is 9.80 Å². The highest BCUT2D eigenvalue weighted by Crippen LogP contribution is 2.53. The molecule has 4 atom stereocenters. The monoisotopic (exact) mass is 386 g/mol. The van der Waals surface area contributed by atoms with E-state index in [0.29, 0.717) is 17.8 Å². The van der Waals surface area contributed by atoms with Gasteiger partial charge in [0, 0.05) is 17.8 Å². The number of anilines is 2. The number of nitrogens with zero attached hydrogens (tertiary/aromatic N) is 2. The van der Waals surface area contributed by atoms with Crippen molar-refractivity contribution in [2.75, 3.05) is 16.3 Å². The summed E-state index contributed by atoms with van der Waals surface area (Å²) in [5.41, 5.74) is 1.92. The Morgan fingerprint density at radius 3 is 2.07 bits per heavy atom. The van der Waals surface area contributed by atoms with Gasteiger partial charge in [-0.15, -0.1) is 0 Å². The Balaban J connectivity index is 1.39. The predicted molar refractivity (Wildman–Crippen MR) is 110 cm³/mol. The molecule has 3 aliphatic rings. The molecule has 0 N–H and O–H groups in total. The van der Waals surface area contributed by atoms with E-state index in [1.807, 2.05) is 37.3 Å². The van der Waals surface area contributed by atoms with E-state index in [-0.39, 0.29) is 41.4 Å². The molecule has 0 radical (unpaired) electrons. The molecule has 2 aromatic rings. The summed E-state index contributed by atoms with van der Waals surface area (Å²) in [4.78, 5) is 41.9. The van der Waals surface area contributed by atoms with E-state index in [9.17, 15) is 14.4 Å². The highest BCUT2D eigenvalue weighted by atomic mass is 16.2. The van der Waals surface area contributed by atoms with Gasteiger partial charge < -0.3 is 4.90 Å². The van der Waals surface area contributed by atoms with Gasteiger partial charge in [0.1, 0.15) is 0 Å². The second-order valence-electron chi connectivity index (χ2n) is 7.94. The fraction of sp³-hybridized carbons (Fsp3) is 0.292. The number of para-hydroxylation sites is 1. The first kappa shape index (κ1) is 17.9. The average molecular weight is 386 g/mol. The molecule has 5 nitrogen and oxygen atoms in total. The van der Waals surface area contributed by atoms with Crippen LogP contribution in [0, 0.1) is 23.7 Å². The second kappa shape index (κ2) is 6.69. The predicted octanol–water partition coefficient (Wildman–Crippen LogP) is 3.66. The Hall–Kier alpha value is -3.21. The first-order valence-electron chi connectivity index (χ1n) is 10.1. The average Bonchev–Trinajstić information content (AvgIpc) is 3.43. The van der Waals surface area contributed by atoms with E-state index in [0.717, 1.165) is 12.1 Å². The zero-order valence-corrected chi connectivity index (χ0v) is 16.2. The summed E-state index contributed by atoms with van der Waals surface area (Å²) >= 11 is 0. The third kappa shape index (κ3) is 2.64. The van der Waals surface area contributed by atoms with Crippen molar-refractivity contribution in [3.05, 3.63) is 72.3 Å². The van der Waals surface area contributed by atoms with E-state index in [2.05, 4.69) is 12.2 Å². The lowest BCUT2D eigenvalue weighted by Crippen LogP contribution is -2.33. The standard InChI is InChI=1S/C24H22N2O3/c1-2-25(18-6-4-3-5-7-18)22(27)15-10-12-19(13-11-15)26-23(28)20-16-8-9-17(14-16)21(20)24(26)29/h3-13,16-17,20-21H,2,14H2,1H3/t16-,17+,20-,21-/m0/s1. The highest BCUT2D eigenvalue weighted by molar-refractivity contribution is 6.23. The number of hydrogen-bond acceptors (Lipinski definition) is 3. The maximum atomic E-state index is 13.0. The van der Waals surface area contributed by atoms with E-state index in [4.69, 9.17) is 0 Å². The number of rotatable bonds is 4. The van der Waals surface area contributed by atoms with Gasteiger partial charge in [0.05, 0.1) is 17.5 Å². The van der Waals surface area contributed by atoms with Gasteiger partial charge in [-0.25, -0.2) is 0 Å². The van der Waals surface area contributed by atoms with Crippen LogP contribution in [0.1, 0.15) is 23.7 Å². The molecule has 1 saturated carbocycles. The first-order valence-corrected chi connectivity index (χ1v) is 10.1. The van der Waals surface area contributed by atoms with Gasteiger partial charge in [0.15, 0.2) is 0 Å². The van der Waals surface area contributed by atoms with Crippen LogP contribution in [-0.4, -0.2) is 24.3 Å². The number of carbonyl (C=O) groups is 3. The van der Waals surface area contributed by atoms with Crippen LogP contribution in [0.4, 0.5) is 11.4 Å². The molecule has 2 bridgehead atoms. The summed E-state index contributed by atoms with van der Waals surface area (Å²) in [6.45, 7) is 2.48. The summed E-state index contributed by atoms with van der Waals surface area (Å²) in [5.74, 6) is -0.359. The highest BCUT2D eigenvalue weighted by Gasteiger charge is 2.59. The SMILES string of the molecule is CCN(C(=O)c1ccc(N2C(=O)[C@@H]3[C@@H](C2=O)[C@H]2C=C[C@@H]3C2)cc1)c1ccccc1. The Kier molecular flexibility index (Phi) is 4.12. The van der Waals surface area contributed by atoms with Crippen molar-refractivity contribution in [3.8, 4) is 0 Å². The molecule has 2 fully saturated rings. The quantitative estimate of drug-likeness (QED) is 0.595. The number of allylic oxidation sites excluding steroid dienone is 2. The summed E-state index contributed by atoms with van der Waals surface area (Å²) in [6.07, 6.45) is 5.09. The van der Waals surface area contributed by atoms with Crippen LogP contribution in [-0.2, 0) is 9.59 Å². The van der Waals surface area contributed by atoms with Gasteiger partial charge in [0.2, 0.25) is 11.8 Å². The van der Waals surface area contributed by atoms with Crippen LogP contribution in [0.5, 0.6) is 0 Å². The number of benzene rings is 2. The number of imide groups is 1. The van der Waals surface area contributed by atoms with Crippen LogP contribution in [0.3, 0.4) is 0 Å². The molecule has 5 rings (SSSR count). The van der Waals surface area contributed by atoms with E-state index >= 15 is 0 Å². The van der Waals surface area contributed by atoms with Crippen LogP contribution >= 0.6 is 0 Å². The van der Waals surface area contributed by atoms with Gasteiger partial charge in [-0.3, -0.25) is 19.3 Å². The van der Waals surface area contributed by atoms with Crippen molar-refractivity contribution in [1.29, 1.82) is 0 Å². The molecule has 1 saturated heterocycles. The third-order valence-corrected chi connectivity index (χ3v) is 6.47. The van der Waals surface area contributed by atoms with Crippen LogP contribution in [0.15, 0.2) is 66.7 Å². The Morgan fingerprint density at radius 1 is 0.931 bits per heavy atom. The molecule has 0 unspecified atom stereocenters. The molecule has 3 amide bonds. The molecule has 0 spiro atoms. The van der Waals surface area contributed by atoms with Crippen molar-refractivity contribution in [2.45, 2.75) is 13.3 Å². The number of fused-ring (bicyclic) bond motifs is 5. The minimum atomic E-state index is -0.215. The minimum Gasteiger partial charge on any atom is -0.309 e. The fourth-order valence-corrected chi connectivity index (χ4v) is 5.12. The fourth-order valence-electron chi connectivity index (χ4n) is 5.12. The summed E-state index contributed by atoms with van der Waals surface area (Å²) in [5, 5.41) is 0. The molecule has 0 aromatic heterocycles. The normalized spacial score (nSPS) is 26.9. The zero-order valence-electron chi connectivity index (χ0n) is 16.2. The van der Waals surface area contributed by atoms with Crippen molar-refractivity contribution in [2.24, 2.45) is 23.7 Å². The Morgan fingerprint density at radius 2 is 1.52 bits per heavy atom. The third-order valence-electron chi connectivity index (χ3n) is 6.47. The van der Waals surface area contributed by atoms with Crippen molar-refractivity contribution in [1.82, 2.24) is 0 Å². The first-order chi connectivity index (χ1) is 14.1. The summed E-state index contributed by atoms with van der Waals surface area (Å²) in [7, 11) is 0. The molecule has 5 heteroatoms. The summed E-state index contributed by atoms with van der Waals surface area (Å²) in [6, 6.07) is 16.3. The van der Waals surface area contributed by atoms with Crippen molar-refractivity contribution < 1.29 is 14.4 Å². The van der Waals surface area contributed by atoms with Crippen molar-refractivity contribution >= 4 is 29.1 Å². The number of carbonyl (C=O) groups excluding carboxylic acids is 3. The maximum absolute atomic E-state index is 13.0. The van der Waals surface area contributed by atoms with E-state index in [1.54, 1.807) is 29.2 Å². The van der Waals surface area contributed by atoms with Crippen molar-refractivity contribution in [3.63, 3.8) is 0 Å². The maximum Gasteiger partial charge on any atom is 0.258 e. The van der Waals surface area contributed by atoms with Gasteiger partial charge in [0.25, 0.3) is 5.91 Å².